The first-order chi connectivity index (χ1) is 9.32. The largest absolute Gasteiger partial charge is 0.329 e. The number of hydrogen-bond acceptors (Lipinski definition) is 2. The first-order valence-corrected chi connectivity index (χ1v) is 8.39. The van der Waals surface area contributed by atoms with Gasteiger partial charge in [-0.1, -0.05) is 38.4 Å². The Morgan fingerprint density at radius 1 is 1.45 bits per heavy atom. The Hall–Kier alpha value is -0.0900. The zero-order chi connectivity index (χ0) is 14.9. The summed E-state index contributed by atoms with van der Waals surface area (Å²) >= 11 is 9.66. The molecule has 1 aliphatic rings. The maximum Gasteiger partial charge on any atom is 0.0551 e. The van der Waals surface area contributed by atoms with Gasteiger partial charge in [-0.15, -0.1) is 0 Å². The van der Waals surface area contributed by atoms with Crippen molar-refractivity contribution in [2.75, 3.05) is 19.6 Å². The summed E-state index contributed by atoms with van der Waals surface area (Å²) in [6.45, 7) is 9.87. The molecule has 2 rings (SSSR count). The number of benzene rings is 1. The number of hydrogen-bond donors (Lipinski definition) is 1. The Morgan fingerprint density at radius 3 is 2.65 bits per heavy atom. The van der Waals surface area contributed by atoms with E-state index in [1.165, 1.54) is 12.0 Å². The van der Waals surface area contributed by atoms with Crippen LogP contribution in [0, 0.1) is 11.3 Å². The number of nitrogens with zero attached hydrogens (tertiary/aromatic N) is 1. The molecule has 4 heteroatoms. The summed E-state index contributed by atoms with van der Waals surface area (Å²) in [5, 5.41) is 0.757. The highest BCUT2D eigenvalue weighted by Crippen LogP contribution is 2.37. The van der Waals surface area contributed by atoms with Crippen molar-refractivity contribution in [3.05, 3.63) is 33.3 Å². The van der Waals surface area contributed by atoms with E-state index < -0.39 is 0 Å². The molecule has 1 saturated heterocycles. The molecule has 0 bridgehead atoms. The van der Waals surface area contributed by atoms with Gasteiger partial charge in [-0.05, 0) is 57.9 Å². The Labute approximate surface area is 135 Å². The van der Waals surface area contributed by atoms with E-state index in [1.54, 1.807) is 0 Å². The predicted octanol–water partition coefficient (Wildman–Crippen LogP) is 4.47. The van der Waals surface area contributed by atoms with Gasteiger partial charge in [-0.3, -0.25) is 4.90 Å². The summed E-state index contributed by atoms with van der Waals surface area (Å²) in [4.78, 5) is 2.51. The van der Waals surface area contributed by atoms with Crippen LogP contribution in [0.15, 0.2) is 22.7 Å². The molecule has 0 aromatic heterocycles. The topological polar surface area (TPSA) is 29.3 Å². The normalized spacial score (nSPS) is 22.2. The van der Waals surface area contributed by atoms with Crippen LogP contribution >= 0.6 is 27.5 Å². The molecular formula is C16H24BrClN2. The third-order valence-corrected chi connectivity index (χ3v) is 5.67. The van der Waals surface area contributed by atoms with Gasteiger partial charge in [0, 0.05) is 23.6 Å². The molecule has 0 saturated carbocycles. The van der Waals surface area contributed by atoms with Gasteiger partial charge in [0.1, 0.15) is 0 Å². The predicted molar refractivity (Wildman–Crippen MR) is 90.1 cm³/mol. The molecule has 2 atom stereocenters. The number of halogens is 2. The van der Waals surface area contributed by atoms with Crippen LogP contribution in [-0.4, -0.2) is 24.5 Å². The Morgan fingerprint density at radius 2 is 2.15 bits per heavy atom. The minimum Gasteiger partial charge on any atom is -0.329 e. The van der Waals surface area contributed by atoms with Gasteiger partial charge in [0.2, 0.25) is 0 Å². The SMILES string of the molecule is CC(C)(C)C1CCN(C(CN)c2ccc(Br)c(Cl)c2)C1. The highest BCUT2D eigenvalue weighted by atomic mass is 79.9. The van der Waals surface area contributed by atoms with Crippen LogP contribution in [0.3, 0.4) is 0 Å². The molecule has 20 heavy (non-hydrogen) atoms. The summed E-state index contributed by atoms with van der Waals surface area (Å²) < 4.78 is 0.938. The maximum atomic E-state index is 6.22. The molecule has 112 valence electrons. The lowest BCUT2D eigenvalue weighted by Crippen LogP contribution is -2.33. The van der Waals surface area contributed by atoms with E-state index in [2.05, 4.69) is 47.7 Å². The second-order valence-corrected chi connectivity index (χ2v) is 8.03. The van der Waals surface area contributed by atoms with Crippen LogP contribution in [0.5, 0.6) is 0 Å². The van der Waals surface area contributed by atoms with Crippen LogP contribution in [0.1, 0.15) is 38.8 Å². The lowest BCUT2D eigenvalue weighted by molar-refractivity contribution is 0.197. The summed E-state index contributed by atoms with van der Waals surface area (Å²) in [5.74, 6) is 0.738. The van der Waals surface area contributed by atoms with E-state index in [9.17, 15) is 0 Å². The van der Waals surface area contributed by atoms with Crippen molar-refractivity contribution in [1.82, 2.24) is 4.90 Å². The van der Waals surface area contributed by atoms with Crippen LogP contribution in [0.4, 0.5) is 0 Å². The molecule has 0 spiro atoms. The zero-order valence-electron chi connectivity index (χ0n) is 12.5. The molecule has 2 unspecified atom stereocenters. The van der Waals surface area contributed by atoms with Crippen LogP contribution in [0.2, 0.25) is 5.02 Å². The van der Waals surface area contributed by atoms with Gasteiger partial charge >= 0.3 is 0 Å². The lowest BCUT2D eigenvalue weighted by atomic mass is 9.80. The smallest absolute Gasteiger partial charge is 0.0551 e. The fourth-order valence-corrected chi connectivity index (χ4v) is 3.43. The van der Waals surface area contributed by atoms with Crippen molar-refractivity contribution in [3.8, 4) is 0 Å². The fourth-order valence-electron chi connectivity index (χ4n) is 2.99. The number of rotatable bonds is 3. The van der Waals surface area contributed by atoms with Crippen molar-refractivity contribution >= 4 is 27.5 Å². The van der Waals surface area contributed by atoms with Crippen molar-refractivity contribution in [3.63, 3.8) is 0 Å². The molecule has 0 aliphatic carbocycles. The average Bonchev–Trinajstić information content (AvgIpc) is 2.84. The van der Waals surface area contributed by atoms with Crippen molar-refractivity contribution in [2.24, 2.45) is 17.1 Å². The third-order valence-electron chi connectivity index (χ3n) is 4.44. The molecule has 2 nitrogen and oxygen atoms in total. The minimum atomic E-state index is 0.271. The second-order valence-electron chi connectivity index (χ2n) is 6.77. The van der Waals surface area contributed by atoms with Gasteiger partial charge in [-0.2, -0.15) is 0 Å². The van der Waals surface area contributed by atoms with Gasteiger partial charge in [0.25, 0.3) is 0 Å². The van der Waals surface area contributed by atoms with Crippen molar-refractivity contribution < 1.29 is 0 Å². The maximum absolute atomic E-state index is 6.22. The minimum absolute atomic E-state index is 0.271. The molecule has 1 aromatic rings. The molecule has 1 heterocycles. The number of likely N-dealkylation sites (tertiary alicyclic amines) is 1. The second kappa shape index (κ2) is 6.35. The first kappa shape index (κ1) is 16.3. The molecule has 1 aliphatic heterocycles. The van der Waals surface area contributed by atoms with Gasteiger partial charge in [0.15, 0.2) is 0 Å². The van der Waals surface area contributed by atoms with Crippen LogP contribution < -0.4 is 5.73 Å². The lowest BCUT2D eigenvalue weighted by Gasteiger charge is -2.30. The molecule has 1 fully saturated rings. The molecule has 0 amide bonds. The summed E-state index contributed by atoms with van der Waals surface area (Å²) in [6, 6.07) is 6.44. The van der Waals surface area contributed by atoms with Gasteiger partial charge in [0.05, 0.1) is 5.02 Å². The molecule has 0 radical (unpaired) electrons. The fraction of sp³-hybridized carbons (Fsp3) is 0.625. The average molecular weight is 360 g/mol. The van der Waals surface area contributed by atoms with Crippen LogP contribution in [0.25, 0.3) is 0 Å². The van der Waals surface area contributed by atoms with E-state index in [1.807, 2.05) is 12.1 Å². The zero-order valence-corrected chi connectivity index (χ0v) is 14.8. The van der Waals surface area contributed by atoms with Crippen LogP contribution in [-0.2, 0) is 0 Å². The number of nitrogens with two attached hydrogens (primary N) is 1. The molecular weight excluding hydrogens is 336 g/mol. The summed E-state index contributed by atoms with van der Waals surface area (Å²) in [5.41, 5.74) is 7.61. The van der Waals surface area contributed by atoms with E-state index in [0.717, 1.165) is 28.5 Å². The highest BCUT2D eigenvalue weighted by Gasteiger charge is 2.34. The van der Waals surface area contributed by atoms with E-state index in [-0.39, 0.29) is 6.04 Å². The summed E-state index contributed by atoms with van der Waals surface area (Å²) in [6.07, 6.45) is 1.25. The molecule has 2 N–H and O–H groups in total. The van der Waals surface area contributed by atoms with Gasteiger partial charge < -0.3 is 5.73 Å². The molecule has 1 aromatic carbocycles. The monoisotopic (exact) mass is 358 g/mol. The van der Waals surface area contributed by atoms with E-state index in [0.29, 0.717) is 12.0 Å². The standard InChI is InChI=1S/C16H24BrClN2/c1-16(2,3)12-6-7-20(10-12)15(9-19)11-4-5-13(17)14(18)8-11/h4-5,8,12,15H,6-7,9-10,19H2,1-3H3. The third kappa shape index (κ3) is 3.56. The Bertz CT molecular complexity index is 470. The van der Waals surface area contributed by atoms with E-state index >= 15 is 0 Å². The summed E-state index contributed by atoms with van der Waals surface area (Å²) in [7, 11) is 0. The quantitative estimate of drug-likeness (QED) is 0.862. The van der Waals surface area contributed by atoms with Crippen molar-refractivity contribution in [1.29, 1.82) is 0 Å². The Balaban J connectivity index is 2.15. The van der Waals surface area contributed by atoms with Crippen molar-refractivity contribution in [2.45, 2.75) is 33.2 Å². The highest BCUT2D eigenvalue weighted by molar-refractivity contribution is 9.10. The van der Waals surface area contributed by atoms with Gasteiger partial charge in [-0.25, -0.2) is 0 Å². The first-order valence-electron chi connectivity index (χ1n) is 7.22. The van der Waals surface area contributed by atoms with E-state index in [4.69, 9.17) is 17.3 Å². The Kier molecular flexibility index (Phi) is 5.17.